The minimum atomic E-state index is -0.488. The molecule has 3 rings (SSSR count). The Hall–Kier alpha value is -1.65. The molecule has 0 spiro atoms. The van der Waals surface area contributed by atoms with Gasteiger partial charge in [-0.05, 0) is 12.5 Å². The number of rotatable bonds is 5. The van der Waals surface area contributed by atoms with Gasteiger partial charge in [0.05, 0.1) is 19.5 Å². The lowest BCUT2D eigenvalue weighted by molar-refractivity contribution is -0.162. The van der Waals surface area contributed by atoms with Crippen molar-refractivity contribution in [1.82, 2.24) is 9.55 Å². The molecule has 1 fully saturated rings. The third-order valence-corrected chi connectivity index (χ3v) is 3.68. The lowest BCUT2D eigenvalue weighted by atomic mass is 10.0. The SMILES string of the molecule is Cc1cccc(CC2(CCn3ccnc3)OCCO2)c1. The maximum Gasteiger partial charge on any atom is 0.174 e. The van der Waals surface area contributed by atoms with Crippen LogP contribution in [0.2, 0.25) is 0 Å². The zero-order valence-corrected chi connectivity index (χ0v) is 11.8. The van der Waals surface area contributed by atoms with Gasteiger partial charge in [0.2, 0.25) is 0 Å². The molecule has 0 aliphatic carbocycles. The van der Waals surface area contributed by atoms with Crippen molar-refractivity contribution in [2.45, 2.75) is 32.1 Å². The van der Waals surface area contributed by atoms with Crippen LogP contribution < -0.4 is 0 Å². The first-order valence-electron chi connectivity index (χ1n) is 7.05. The van der Waals surface area contributed by atoms with Crippen molar-refractivity contribution in [3.63, 3.8) is 0 Å². The Labute approximate surface area is 119 Å². The molecule has 0 radical (unpaired) electrons. The maximum atomic E-state index is 5.93. The number of aryl methyl sites for hydroxylation is 2. The van der Waals surface area contributed by atoms with Gasteiger partial charge in [-0.1, -0.05) is 29.8 Å². The van der Waals surface area contributed by atoms with Crippen LogP contribution >= 0.6 is 0 Å². The molecule has 1 aromatic heterocycles. The number of nitrogens with zero attached hydrogens (tertiary/aromatic N) is 2. The Morgan fingerprint density at radius 1 is 1.30 bits per heavy atom. The highest BCUT2D eigenvalue weighted by Gasteiger charge is 2.36. The van der Waals surface area contributed by atoms with E-state index in [0.29, 0.717) is 13.2 Å². The number of aromatic nitrogens is 2. The molecule has 2 aromatic rings. The molecule has 2 heterocycles. The highest BCUT2D eigenvalue weighted by atomic mass is 16.7. The van der Waals surface area contributed by atoms with Crippen LogP contribution in [-0.4, -0.2) is 28.6 Å². The highest BCUT2D eigenvalue weighted by molar-refractivity contribution is 5.23. The van der Waals surface area contributed by atoms with Gasteiger partial charge in [0.15, 0.2) is 5.79 Å². The van der Waals surface area contributed by atoms with E-state index in [9.17, 15) is 0 Å². The fourth-order valence-corrected chi connectivity index (χ4v) is 2.68. The van der Waals surface area contributed by atoms with E-state index in [1.165, 1.54) is 11.1 Å². The van der Waals surface area contributed by atoms with Gasteiger partial charge < -0.3 is 14.0 Å². The first-order valence-corrected chi connectivity index (χ1v) is 7.05. The van der Waals surface area contributed by atoms with Crippen molar-refractivity contribution in [3.8, 4) is 0 Å². The Morgan fingerprint density at radius 2 is 2.15 bits per heavy atom. The molecule has 106 valence electrons. The summed E-state index contributed by atoms with van der Waals surface area (Å²) in [4.78, 5) is 4.07. The number of hydrogen-bond donors (Lipinski definition) is 0. The van der Waals surface area contributed by atoms with Gasteiger partial charge in [-0.3, -0.25) is 0 Å². The second-order valence-electron chi connectivity index (χ2n) is 5.32. The topological polar surface area (TPSA) is 36.3 Å². The first-order chi connectivity index (χ1) is 9.76. The van der Waals surface area contributed by atoms with Crippen LogP contribution in [0, 0.1) is 6.92 Å². The minimum Gasteiger partial charge on any atom is -0.347 e. The van der Waals surface area contributed by atoms with E-state index in [2.05, 4.69) is 40.7 Å². The van der Waals surface area contributed by atoms with Crippen molar-refractivity contribution >= 4 is 0 Å². The monoisotopic (exact) mass is 272 g/mol. The van der Waals surface area contributed by atoms with E-state index in [4.69, 9.17) is 9.47 Å². The van der Waals surface area contributed by atoms with Gasteiger partial charge in [0.25, 0.3) is 0 Å². The van der Waals surface area contributed by atoms with Crippen LogP contribution in [0.4, 0.5) is 0 Å². The van der Waals surface area contributed by atoms with Crippen LogP contribution in [0.25, 0.3) is 0 Å². The average Bonchev–Trinajstić information content (AvgIpc) is 3.08. The summed E-state index contributed by atoms with van der Waals surface area (Å²) in [5.74, 6) is -0.488. The number of imidazole rings is 1. The molecule has 20 heavy (non-hydrogen) atoms. The quantitative estimate of drug-likeness (QED) is 0.839. The Bertz CT molecular complexity index is 545. The van der Waals surface area contributed by atoms with Crippen molar-refractivity contribution < 1.29 is 9.47 Å². The van der Waals surface area contributed by atoms with E-state index in [1.807, 2.05) is 12.5 Å². The fourth-order valence-electron chi connectivity index (χ4n) is 2.68. The molecule has 0 saturated carbocycles. The summed E-state index contributed by atoms with van der Waals surface area (Å²) >= 11 is 0. The van der Waals surface area contributed by atoms with Crippen LogP contribution in [0.15, 0.2) is 43.0 Å². The molecular weight excluding hydrogens is 252 g/mol. The second-order valence-corrected chi connectivity index (χ2v) is 5.32. The van der Waals surface area contributed by atoms with Gasteiger partial charge in [-0.15, -0.1) is 0 Å². The molecule has 1 saturated heterocycles. The third-order valence-electron chi connectivity index (χ3n) is 3.68. The van der Waals surface area contributed by atoms with Crippen molar-refractivity contribution in [2.24, 2.45) is 0 Å². The summed E-state index contributed by atoms with van der Waals surface area (Å²) in [6.45, 7) is 4.31. The van der Waals surface area contributed by atoms with Crippen molar-refractivity contribution in [1.29, 1.82) is 0 Å². The lowest BCUT2D eigenvalue weighted by Crippen LogP contribution is -2.34. The zero-order chi connectivity index (χ0) is 13.8. The standard InChI is InChI=1S/C16H20N2O2/c1-14-3-2-4-15(11-14)12-16(19-9-10-20-16)5-7-18-8-6-17-13-18/h2-4,6,8,11,13H,5,7,9-10,12H2,1H3. The van der Waals surface area contributed by atoms with E-state index in [1.54, 1.807) is 6.20 Å². The predicted octanol–water partition coefficient (Wildman–Crippen LogP) is 2.57. The molecule has 1 aromatic carbocycles. The Balaban J connectivity index is 1.70. The summed E-state index contributed by atoms with van der Waals surface area (Å²) in [7, 11) is 0. The number of ether oxygens (including phenoxy) is 2. The smallest absolute Gasteiger partial charge is 0.174 e. The molecule has 4 nitrogen and oxygen atoms in total. The molecule has 1 aliphatic rings. The highest BCUT2D eigenvalue weighted by Crippen LogP contribution is 2.28. The largest absolute Gasteiger partial charge is 0.347 e. The minimum absolute atomic E-state index is 0.488. The summed E-state index contributed by atoms with van der Waals surface area (Å²) in [6, 6.07) is 8.53. The zero-order valence-electron chi connectivity index (χ0n) is 11.8. The molecule has 0 atom stereocenters. The van der Waals surface area contributed by atoms with Crippen LogP contribution in [0.3, 0.4) is 0 Å². The molecule has 1 aliphatic heterocycles. The third kappa shape index (κ3) is 3.08. The van der Waals surface area contributed by atoms with Gasteiger partial charge >= 0.3 is 0 Å². The molecule has 0 bridgehead atoms. The van der Waals surface area contributed by atoms with Crippen LogP contribution in [0.1, 0.15) is 17.5 Å². The first kappa shape index (κ1) is 13.3. The summed E-state index contributed by atoms with van der Waals surface area (Å²) < 4.78 is 13.9. The number of benzene rings is 1. The van der Waals surface area contributed by atoms with Crippen molar-refractivity contribution in [2.75, 3.05) is 13.2 Å². The average molecular weight is 272 g/mol. The van der Waals surface area contributed by atoms with E-state index >= 15 is 0 Å². The summed E-state index contributed by atoms with van der Waals surface area (Å²) in [6.07, 6.45) is 7.22. The summed E-state index contributed by atoms with van der Waals surface area (Å²) in [5, 5.41) is 0. The second kappa shape index (κ2) is 5.77. The Morgan fingerprint density at radius 3 is 2.85 bits per heavy atom. The molecular formula is C16H20N2O2. The fraction of sp³-hybridized carbons (Fsp3) is 0.438. The summed E-state index contributed by atoms with van der Waals surface area (Å²) in [5.41, 5.74) is 2.53. The van der Waals surface area contributed by atoms with E-state index in [0.717, 1.165) is 19.4 Å². The van der Waals surface area contributed by atoms with E-state index in [-0.39, 0.29) is 0 Å². The van der Waals surface area contributed by atoms with Gasteiger partial charge in [0, 0.05) is 31.8 Å². The van der Waals surface area contributed by atoms with Crippen LogP contribution in [0.5, 0.6) is 0 Å². The normalized spacial score (nSPS) is 17.4. The molecule has 0 N–H and O–H groups in total. The molecule has 4 heteroatoms. The maximum absolute atomic E-state index is 5.93. The predicted molar refractivity (Wildman–Crippen MR) is 76.4 cm³/mol. The van der Waals surface area contributed by atoms with Gasteiger partial charge in [-0.2, -0.15) is 0 Å². The van der Waals surface area contributed by atoms with Crippen LogP contribution in [-0.2, 0) is 22.4 Å². The van der Waals surface area contributed by atoms with Crippen molar-refractivity contribution in [3.05, 3.63) is 54.1 Å². The van der Waals surface area contributed by atoms with Gasteiger partial charge in [-0.25, -0.2) is 4.98 Å². The molecule has 0 unspecified atom stereocenters. The Kier molecular flexibility index (Phi) is 3.85. The molecule has 0 amide bonds. The number of hydrogen-bond acceptors (Lipinski definition) is 3. The van der Waals surface area contributed by atoms with Gasteiger partial charge in [0.1, 0.15) is 0 Å². The van der Waals surface area contributed by atoms with E-state index < -0.39 is 5.79 Å². The lowest BCUT2D eigenvalue weighted by Gasteiger charge is -2.28.